The van der Waals surface area contributed by atoms with Gasteiger partial charge >= 0.3 is 0 Å². The molecule has 0 aliphatic carbocycles. The maximum absolute atomic E-state index is 13.2. The number of phenolic OH excluding ortho intramolecular Hbond substituents is 1. The number of aromatic hydroxyl groups is 1. The molecule has 1 fully saturated rings. The number of nitrogens with zero attached hydrogens (tertiary/aromatic N) is 1. The van der Waals surface area contributed by atoms with E-state index in [1.807, 2.05) is 7.05 Å². The van der Waals surface area contributed by atoms with Crippen LogP contribution < -0.4 is 5.32 Å². The summed E-state index contributed by atoms with van der Waals surface area (Å²) in [4.78, 5) is 2.34. The first-order valence-corrected chi connectivity index (χ1v) is 6.06. The van der Waals surface area contributed by atoms with Gasteiger partial charge in [-0.2, -0.15) is 0 Å². The lowest BCUT2D eigenvalue weighted by molar-refractivity contribution is 0.241. The first-order valence-electron chi connectivity index (χ1n) is 6.06. The van der Waals surface area contributed by atoms with E-state index >= 15 is 0 Å². The highest BCUT2D eigenvalue weighted by atomic mass is 35.5. The summed E-state index contributed by atoms with van der Waals surface area (Å²) < 4.78 is 13.2. The number of likely N-dealkylation sites (tertiary alicyclic amines) is 1. The van der Waals surface area contributed by atoms with Gasteiger partial charge in [-0.15, -0.1) is 12.4 Å². The summed E-state index contributed by atoms with van der Waals surface area (Å²) in [5.41, 5.74) is 0.838. The molecule has 0 aromatic heterocycles. The third-order valence-corrected chi connectivity index (χ3v) is 3.27. The van der Waals surface area contributed by atoms with Crippen molar-refractivity contribution in [2.45, 2.75) is 25.4 Å². The molecule has 18 heavy (non-hydrogen) atoms. The summed E-state index contributed by atoms with van der Waals surface area (Å²) in [6.45, 7) is 2.71. The van der Waals surface area contributed by atoms with Crippen LogP contribution in [0.1, 0.15) is 18.4 Å². The SMILES string of the molecule is CNCC1CCCN1Cc1cc(O)cc(F)c1.Cl. The van der Waals surface area contributed by atoms with Crippen molar-refractivity contribution < 1.29 is 9.50 Å². The summed E-state index contributed by atoms with van der Waals surface area (Å²) >= 11 is 0. The standard InChI is InChI=1S/C13H19FN2O.ClH/c1-15-8-12-3-2-4-16(12)9-10-5-11(14)7-13(17)6-10;/h5-7,12,15,17H,2-4,8-9H2,1H3;1H. The Morgan fingerprint density at radius 2 is 2.22 bits per heavy atom. The molecule has 1 aromatic rings. The smallest absolute Gasteiger partial charge is 0.127 e. The lowest BCUT2D eigenvalue weighted by Gasteiger charge is -2.24. The molecule has 3 nitrogen and oxygen atoms in total. The van der Waals surface area contributed by atoms with Gasteiger partial charge in [-0.05, 0) is 44.1 Å². The predicted molar refractivity (Wildman–Crippen MR) is 72.7 cm³/mol. The van der Waals surface area contributed by atoms with Gasteiger partial charge < -0.3 is 10.4 Å². The normalized spacial score (nSPS) is 19.8. The minimum absolute atomic E-state index is 0. The van der Waals surface area contributed by atoms with Gasteiger partial charge in [0, 0.05) is 25.2 Å². The second-order valence-electron chi connectivity index (χ2n) is 4.64. The predicted octanol–water partition coefficient (Wildman–Crippen LogP) is 2.14. The van der Waals surface area contributed by atoms with E-state index in [0.29, 0.717) is 12.6 Å². The molecule has 0 spiro atoms. The van der Waals surface area contributed by atoms with E-state index in [0.717, 1.165) is 24.7 Å². The van der Waals surface area contributed by atoms with E-state index in [2.05, 4.69) is 10.2 Å². The van der Waals surface area contributed by atoms with Crippen LogP contribution in [0, 0.1) is 5.82 Å². The van der Waals surface area contributed by atoms with Crippen LogP contribution in [0.5, 0.6) is 5.75 Å². The zero-order chi connectivity index (χ0) is 12.3. The maximum Gasteiger partial charge on any atom is 0.127 e. The minimum Gasteiger partial charge on any atom is -0.508 e. The van der Waals surface area contributed by atoms with Gasteiger partial charge in [-0.1, -0.05) is 0 Å². The molecule has 2 N–H and O–H groups in total. The van der Waals surface area contributed by atoms with Crippen molar-refractivity contribution in [1.82, 2.24) is 10.2 Å². The fraction of sp³-hybridized carbons (Fsp3) is 0.538. The number of benzene rings is 1. The molecule has 102 valence electrons. The van der Waals surface area contributed by atoms with Crippen molar-refractivity contribution in [1.29, 1.82) is 0 Å². The highest BCUT2D eigenvalue weighted by Gasteiger charge is 2.23. The summed E-state index contributed by atoms with van der Waals surface area (Å²) in [7, 11) is 1.95. The van der Waals surface area contributed by atoms with Crippen molar-refractivity contribution >= 4 is 12.4 Å². The molecular weight excluding hydrogens is 255 g/mol. The van der Waals surface area contributed by atoms with Crippen molar-refractivity contribution in [2.24, 2.45) is 0 Å². The van der Waals surface area contributed by atoms with E-state index < -0.39 is 0 Å². The molecule has 1 atom stereocenters. The van der Waals surface area contributed by atoms with Crippen LogP contribution in [0.4, 0.5) is 4.39 Å². The largest absolute Gasteiger partial charge is 0.508 e. The number of halogens is 2. The van der Waals surface area contributed by atoms with E-state index in [4.69, 9.17) is 0 Å². The molecule has 5 heteroatoms. The molecule has 1 saturated heterocycles. The van der Waals surface area contributed by atoms with Crippen LogP contribution in [0.15, 0.2) is 18.2 Å². The summed E-state index contributed by atoms with van der Waals surface area (Å²) in [6, 6.07) is 4.79. The fourth-order valence-electron chi connectivity index (χ4n) is 2.53. The summed E-state index contributed by atoms with van der Waals surface area (Å²) in [5.74, 6) is -0.367. The molecule has 1 unspecified atom stereocenters. The van der Waals surface area contributed by atoms with Gasteiger partial charge in [-0.25, -0.2) is 4.39 Å². The lowest BCUT2D eigenvalue weighted by atomic mass is 10.1. The van der Waals surface area contributed by atoms with E-state index in [1.54, 1.807) is 6.07 Å². The second-order valence-corrected chi connectivity index (χ2v) is 4.64. The maximum atomic E-state index is 13.2. The molecule has 1 aromatic carbocycles. The quantitative estimate of drug-likeness (QED) is 0.883. The van der Waals surface area contributed by atoms with Gasteiger partial charge in [0.2, 0.25) is 0 Å². The minimum atomic E-state index is -0.371. The van der Waals surface area contributed by atoms with E-state index in [1.165, 1.54) is 18.9 Å². The monoisotopic (exact) mass is 274 g/mol. The Morgan fingerprint density at radius 1 is 1.44 bits per heavy atom. The summed E-state index contributed by atoms with van der Waals surface area (Å²) in [6.07, 6.45) is 2.37. The van der Waals surface area contributed by atoms with Crippen molar-refractivity contribution in [3.05, 3.63) is 29.6 Å². The molecule has 2 rings (SSSR count). The zero-order valence-electron chi connectivity index (χ0n) is 10.5. The molecule has 0 bridgehead atoms. The molecule has 1 aliphatic rings. The average Bonchev–Trinajstić information content (AvgIpc) is 2.65. The molecule has 1 heterocycles. The van der Waals surface area contributed by atoms with Crippen LogP contribution in [0.3, 0.4) is 0 Å². The number of likely N-dealkylation sites (N-methyl/N-ethyl adjacent to an activating group) is 1. The Hall–Kier alpha value is -0.840. The highest BCUT2D eigenvalue weighted by molar-refractivity contribution is 5.85. The number of hydrogen-bond donors (Lipinski definition) is 2. The molecular formula is C13H20ClFN2O. The first-order chi connectivity index (χ1) is 8.19. The molecule has 0 saturated carbocycles. The third-order valence-electron chi connectivity index (χ3n) is 3.27. The third kappa shape index (κ3) is 3.83. The van der Waals surface area contributed by atoms with Crippen molar-refractivity contribution in [2.75, 3.05) is 20.1 Å². The molecule has 0 amide bonds. The Bertz CT molecular complexity index is 369. The van der Waals surface area contributed by atoms with Crippen LogP contribution >= 0.6 is 12.4 Å². The molecule has 0 radical (unpaired) electrons. The molecule has 1 aliphatic heterocycles. The van der Waals surface area contributed by atoms with Gasteiger partial charge in [0.05, 0.1) is 0 Å². The van der Waals surface area contributed by atoms with Gasteiger partial charge in [0.25, 0.3) is 0 Å². The van der Waals surface area contributed by atoms with Crippen LogP contribution in [0.2, 0.25) is 0 Å². The number of rotatable bonds is 4. The van der Waals surface area contributed by atoms with Crippen molar-refractivity contribution in [3.8, 4) is 5.75 Å². The number of nitrogens with one attached hydrogen (secondary N) is 1. The van der Waals surface area contributed by atoms with Gasteiger partial charge in [0.15, 0.2) is 0 Å². The second kappa shape index (κ2) is 6.92. The highest BCUT2D eigenvalue weighted by Crippen LogP contribution is 2.22. The van der Waals surface area contributed by atoms with Crippen LogP contribution in [0.25, 0.3) is 0 Å². The van der Waals surface area contributed by atoms with Crippen LogP contribution in [-0.2, 0) is 6.54 Å². The Kier molecular flexibility index (Phi) is 5.85. The average molecular weight is 275 g/mol. The number of hydrogen-bond acceptors (Lipinski definition) is 3. The van der Waals surface area contributed by atoms with Gasteiger partial charge in [-0.3, -0.25) is 4.90 Å². The van der Waals surface area contributed by atoms with E-state index in [-0.39, 0.29) is 24.0 Å². The topological polar surface area (TPSA) is 35.5 Å². The Balaban J connectivity index is 0.00000162. The van der Waals surface area contributed by atoms with Gasteiger partial charge in [0.1, 0.15) is 11.6 Å². The Labute approximate surface area is 113 Å². The van der Waals surface area contributed by atoms with Crippen LogP contribution in [-0.4, -0.2) is 36.2 Å². The lowest BCUT2D eigenvalue weighted by Crippen LogP contribution is -2.36. The zero-order valence-corrected chi connectivity index (χ0v) is 11.3. The number of phenols is 1. The van der Waals surface area contributed by atoms with E-state index in [9.17, 15) is 9.50 Å². The Morgan fingerprint density at radius 3 is 2.89 bits per heavy atom. The fourth-order valence-corrected chi connectivity index (χ4v) is 2.53. The van der Waals surface area contributed by atoms with Crippen molar-refractivity contribution in [3.63, 3.8) is 0 Å². The first kappa shape index (κ1) is 15.2. The summed E-state index contributed by atoms with van der Waals surface area (Å²) in [5, 5.41) is 12.5.